The van der Waals surface area contributed by atoms with Crippen LogP contribution in [0.2, 0.25) is 0 Å². The number of aromatic amines is 1. The highest BCUT2D eigenvalue weighted by Gasteiger charge is 2.29. The van der Waals surface area contributed by atoms with Crippen LogP contribution < -0.4 is 15.4 Å². The average Bonchev–Trinajstić information content (AvgIpc) is 3.29. The first kappa shape index (κ1) is 20.6. The van der Waals surface area contributed by atoms with Gasteiger partial charge in [-0.3, -0.25) is 14.7 Å². The molecule has 160 valence electrons. The number of likely N-dealkylation sites (N-methyl/N-ethyl adjacent to an activating group) is 1. The molecule has 0 radical (unpaired) electrons. The smallest absolute Gasteiger partial charge is 0.252 e. The lowest BCUT2D eigenvalue weighted by atomic mass is 9.95. The molecule has 0 bridgehead atoms. The summed E-state index contributed by atoms with van der Waals surface area (Å²) in [7, 11) is 3.94. The van der Waals surface area contributed by atoms with Gasteiger partial charge in [-0.05, 0) is 43.4 Å². The molecule has 2 amide bonds. The van der Waals surface area contributed by atoms with Gasteiger partial charge < -0.3 is 20.3 Å². The standard InChI is InChI=1S/C23H25N5O3/c1-28(2)9-10-31-21-12-15(17-13-24-25-14-17)7-8-19(21)26-23(30)20-11-16-5-3-4-6-18(16)22(29)27-20/h3-8,12-14,20H,9-11H2,1-2H3,(H,24,25)(H,26,30)(H,27,29)/t20-/m1/s1. The number of amides is 2. The molecule has 1 aromatic heterocycles. The van der Waals surface area contributed by atoms with E-state index in [4.69, 9.17) is 4.74 Å². The molecular weight excluding hydrogens is 394 g/mol. The fourth-order valence-electron chi connectivity index (χ4n) is 3.48. The van der Waals surface area contributed by atoms with E-state index in [2.05, 4.69) is 20.8 Å². The zero-order valence-electron chi connectivity index (χ0n) is 17.5. The second-order valence-corrected chi connectivity index (χ2v) is 7.73. The van der Waals surface area contributed by atoms with Crippen LogP contribution in [0.5, 0.6) is 5.75 Å². The topological polar surface area (TPSA) is 99.3 Å². The van der Waals surface area contributed by atoms with Crippen LogP contribution in [-0.4, -0.2) is 60.2 Å². The van der Waals surface area contributed by atoms with E-state index in [9.17, 15) is 9.59 Å². The quantitative estimate of drug-likeness (QED) is 0.546. The van der Waals surface area contributed by atoms with Crippen LogP contribution >= 0.6 is 0 Å². The molecule has 0 unspecified atom stereocenters. The summed E-state index contributed by atoms with van der Waals surface area (Å²) in [6.45, 7) is 1.21. The normalized spacial score (nSPS) is 15.3. The highest BCUT2D eigenvalue weighted by Crippen LogP contribution is 2.31. The van der Waals surface area contributed by atoms with E-state index in [0.717, 1.165) is 23.2 Å². The van der Waals surface area contributed by atoms with Crippen molar-refractivity contribution in [1.29, 1.82) is 0 Å². The van der Waals surface area contributed by atoms with E-state index in [-0.39, 0.29) is 11.8 Å². The molecule has 8 heteroatoms. The summed E-state index contributed by atoms with van der Waals surface area (Å²) in [5, 5.41) is 12.5. The Morgan fingerprint density at radius 2 is 2.06 bits per heavy atom. The zero-order chi connectivity index (χ0) is 21.8. The molecule has 3 aromatic rings. The molecule has 1 aliphatic rings. The summed E-state index contributed by atoms with van der Waals surface area (Å²) in [6, 6.07) is 12.3. The summed E-state index contributed by atoms with van der Waals surface area (Å²) in [5.41, 5.74) is 3.88. The van der Waals surface area contributed by atoms with Gasteiger partial charge >= 0.3 is 0 Å². The van der Waals surface area contributed by atoms with Gasteiger partial charge in [-0.25, -0.2) is 0 Å². The van der Waals surface area contributed by atoms with Crippen molar-refractivity contribution >= 4 is 17.5 Å². The van der Waals surface area contributed by atoms with Crippen LogP contribution in [0.15, 0.2) is 54.9 Å². The maximum absolute atomic E-state index is 13.0. The van der Waals surface area contributed by atoms with E-state index in [1.165, 1.54) is 0 Å². The first-order valence-corrected chi connectivity index (χ1v) is 10.1. The summed E-state index contributed by atoms with van der Waals surface area (Å²) in [6.07, 6.45) is 3.97. The van der Waals surface area contributed by atoms with Gasteiger partial charge in [0.15, 0.2) is 0 Å². The van der Waals surface area contributed by atoms with Gasteiger partial charge in [0.2, 0.25) is 5.91 Å². The van der Waals surface area contributed by atoms with Crippen LogP contribution in [0.25, 0.3) is 11.1 Å². The van der Waals surface area contributed by atoms with Gasteiger partial charge in [0.1, 0.15) is 18.4 Å². The number of fused-ring (bicyclic) bond motifs is 1. The minimum atomic E-state index is -0.648. The van der Waals surface area contributed by atoms with Crippen molar-refractivity contribution in [3.63, 3.8) is 0 Å². The number of nitrogens with zero attached hydrogens (tertiary/aromatic N) is 2. The Bertz CT molecular complexity index is 1080. The Labute approximate surface area is 180 Å². The highest BCUT2D eigenvalue weighted by atomic mass is 16.5. The lowest BCUT2D eigenvalue weighted by Gasteiger charge is -2.25. The minimum absolute atomic E-state index is 0.236. The monoisotopic (exact) mass is 419 g/mol. The predicted octanol–water partition coefficient (Wildman–Crippen LogP) is 2.31. The van der Waals surface area contributed by atoms with E-state index >= 15 is 0 Å². The Balaban J connectivity index is 1.54. The van der Waals surface area contributed by atoms with Crippen LogP contribution in [0.3, 0.4) is 0 Å². The van der Waals surface area contributed by atoms with Crippen molar-refractivity contribution < 1.29 is 14.3 Å². The molecule has 31 heavy (non-hydrogen) atoms. The van der Waals surface area contributed by atoms with Crippen LogP contribution in [-0.2, 0) is 11.2 Å². The van der Waals surface area contributed by atoms with Gasteiger partial charge in [-0.2, -0.15) is 5.10 Å². The number of carbonyl (C=O) groups excluding carboxylic acids is 2. The lowest BCUT2D eigenvalue weighted by Crippen LogP contribution is -2.48. The number of H-pyrrole nitrogens is 1. The number of carbonyl (C=O) groups is 2. The van der Waals surface area contributed by atoms with Crippen LogP contribution in [0, 0.1) is 0 Å². The third-order valence-corrected chi connectivity index (χ3v) is 5.17. The van der Waals surface area contributed by atoms with Gasteiger partial charge in [-0.15, -0.1) is 0 Å². The van der Waals surface area contributed by atoms with Gasteiger partial charge in [0.05, 0.1) is 11.9 Å². The molecule has 8 nitrogen and oxygen atoms in total. The van der Waals surface area contributed by atoms with Crippen molar-refractivity contribution in [1.82, 2.24) is 20.4 Å². The number of ether oxygens (including phenoxy) is 1. The highest BCUT2D eigenvalue weighted by molar-refractivity contribution is 6.04. The van der Waals surface area contributed by atoms with E-state index in [0.29, 0.717) is 30.0 Å². The third kappa shape index (κ3) is 4.75. The molecule has 1 atom stereocenters. The molecule has 0 saturated heterocycles. The summed E-state index contributed by atoms with van der Waals surface area (Å²) in [4.78, 5) is 27.4. The molecule has 3 N–H and O–H groups in total. The molecule has 0 saturated carbocycles. The SMILES string of the molecule is CN(C)CCOc1cc(-c2cn[nH]c2)ccc1NC(=O)[C@H]1Cc2ccccc2C(=O)N1. The second-order valence-electron chi connectivity index (χ2n) is 7.73. The number of benzene rings is 2. The lowest BCUT2D eigenvalue weighted by molar-refractivity contribution is -0.118. The number of rotatable bonds is 7. The van der Waals surface area contributed by atoms with Crippen LogP contribution in [0.4, 0.5) is 5.69 Å². The predicted molar refractivity (Wildman–Crippen MR) is 118 cm³/mol. The first-order valence-electron chi connectivity index (χ1n) is 10.1. The Kier molecular flexibility index (Phi) is 5.99. The minimum Gasteiger partial charge on any atom is -0.490 e. The number of hydrogen-bond donors (Lipinski definition) is 3. The van der Waals surface area contributed by atoms with E-state index < -0.39 is 6.04 Å². The molecular formula is C23H25N5O3. The van der Waals surface area contributed by atoms with E-state index in [1.807, 2.05) is 55.4 Å². The molecule has 4 rings (SSSR count). The largest absolute Gasteiger partial charge is 0.490 e. The molecule has 0 spiro atoms. The van der Waals surface area contributed by atoms with Gasteiger partial charge in [0.25, 0.3) is 5.91 Å². The average molecular weight is 419 g/mol. The second kappa shape index (κ2) is 9.01. The number of nitrogens with one attached hydrogen (secondary N) is 3. The Hall–Kier alpha value is -3.65. The van der Waals surface area contributed by atoms with Crippen molar-refractivity contribution in [3.05, 3.63) is 66.0 Å². The maximum atomic E-state index is 13.0. The molecule has 0 aliphatic carbocycles. The number of aromatic nitrogens is 2. The first-order chi connectivity index (χ1) is 15.0. The van der Waals surface area contributed by atoms with Crippen molar-refractivity contribution in [2.45, 2.75) is 12.5 Å². The Morgan fingerprint density at radius 3 is 2.84 bits per heavy atom. The van der Waals surface area contributed by atoms with E-state index in [1.54, 1.807) is 18.5 Å². The third-order valence-electron chi connectivity index (χ3n) is 5.17. The molecule has 2 heterocycles. The van der Waals surface area contributed by atoms with Crippen molar-refractivity contribution in [2.24, 2.45) is 0 Å². The van der Waals surface area contributed by atoms with Crippen molar-refractivity contribution in [3.8, 4) is 16.9 Å². The summed E-state index contributed by atoms with van der Waals surface area (Å²) in [5.74, 6) is 0.0487. The molecule has 1 aliphatic heterocycles. The van der Waals surface area contributed by atoms with Gasteiger partial charge in [0, 0.05) is 30.3 Å². The fraction of sp³-hybridized carbons (Fsp3) is 0.261. The Morgan fingerprint density at radius 1 is 1.23 bits per heavy atom. The van der Waals surface area contributed by atoms with Crippen LogP contribution in [0.1, 0.15) is 15.9 Å². The number of anilines is 1. The molecule has 0 fully saturated rings. The zero-order valence-corrected chi connectivity index (χ0v) is 17.5. The number of hydrogen-bond acceptors (Lipinski definition) is 5. The molecule has 2 aromatic carbocycles. The maximum Gasteiger partial charge on any atom is 0.252 e. The summed E-state index contributed by atoms with van der Waals surface area (Å²) < 4.78 is 5.98. The van der Waals surface area contributed by atoms with Gasteiger partial charge in [-0.1, -0.05) is 24.3 Å². The fourth-order valence-corrected chi connectivity index (χ4v) is 3.48. The van der Waals surface area contributed by atoms with Crippen molar-refractivity contribution in [2.75, 3.05) is 32.6 Å². The summed E-state index contributed by atoms with van der Waals surface area (Å²) >= 11 is 0.